The van der Waals surface area contributed by atoms with Gasteiger partial charge in [0.2, 0.25) is 0 Å². The van der Waals surface area contributed by atoms with Crippen LogP contribution in [0.25, 0.3) is 0 Å². The number of amides is 1. The molecule has 0 unspecified atom stereocenters. The van der Waals surface area contributed by atoms with Crippen LogP contribution in [0, 0.1) is 0 Å². The lowest BCUT2D eigenvalue weighted by molar-refractivity contribution is 0.0949. The Morgan fingerprint density at radius 2 is 2.41 bits per heavy atom. The van der Waals surface area contributed by atoms with E-state index in [0.717, 1.165) is 5.56 Å². The van der Waals surface area contributed by atoms with Crippen LogP contribution >= 0.6 is 15.9 Å². The van der Waals surface area contributed by atoms with E-state index in [2.05, 4.69) is 41.6 Å². The third-order valence-corrected chi connectivity index (χ3v) is 2.49. The molecule has 2 rings (SSSR count). The van der Waals surface area contributed by atoms with E-state index in [1.807, 2.05) is 6.07 Å². The van der Waals surface area contributed by atoms with Crippen molar-refractivity contribution >= 4 is 28.1 Å². The molecule has 0 aliphatic heterocycles. The second-order valence-corrected chi connectivity index (χ2v) is 3.93. The van der Waals surface area contributed by atoms with E-state index in [0.29, 0.717) is 10.2 Å². The molecule has 6 nitrogen and oxygen atoms in total. The highest BCUT2D eigenvalue weighted by molar-refractivity contribution is 9.10. The number of nitrogens with one attached hydrogen (secondary N) is 2. The smallest absolute Gasteiger partial charge is 0.272 e. The van der Waals surface area contributed by atoms with Gasteiger partial charge in [0, 0.05) is 18.0 Å². The molecule has 0 radical (unpaired) electrons. The number of rotatable bonds is 3. The van der Waals surface area contributed by atoms with Crippen molar-refractivity contribution in [3.05, 3.63) is 46.5 Å². The lowest BCUT2D eigenvalue weighted by Crippen LogP contribution is -2.18. The predicted molar refractivity (Wildman–Crippen MR) is 65.6 cm³/mol. The number of aromatic amines is 1. The van der Waals surface area contributed by atoms with Gasteiger partial charge in [-0.2, -0.15) is 10.2 Å². The molecule has 0 fully saturated rings. The van der Waals surface area contributed by atoms with Crippen LogP contribution in [-0.2, 0) is 0 Å². The molecule has 2 heterocycles. The summed E-state index contributed by atoms with van der Waals surface area (Å²) in [5.74, 6) is -0.366. The van der Waals surface area contributed by atoms with Crippen LogP contribution in [-0.4, -0.2) is 27.3 Å². The van der Waals surface area contributed by atoms with Crippen LogP contribution in [0.4, 0.5) is 0 Å². The first-order valence-electron chi connectivity index (χ1n) is 4.69. The fourth-order valence-electron chi connectivity index (χ4n) is 1.10. The Labute approximate surface area is 105 Å². The Kier molecular flexibility index (Phi) is 3.61. The standard InChI is InChI=1S/C10H8BrN5O/c11-8-6-14-15-9(8)10(17)16-13-5-7-2-1-3-12-4-7/h1-6H,(H,14,15)(H,16,17). The normalized spacial score (nSPS) is 10.6. The van der Waals surface area contributed by atoms with Gasteiger partial charge in [-0.1, -0.05) is 6.07 Å². The van der Waals surface area contributed by atoms with Gasteiger partial charge in [-0.05, 0) is 22.0 Å². The SMILES string of the molecule is O=C(NN=Cc1cccnc1)c1[nH]ncc1Br. The Bertz CT molecular complexity index is 537. The van der Waals surface area contributed by atoms with Crippen LogP contribution < -0.4 is 5.43 Å². The highest BCUT2D eigenvalue weighted by Crippen LogP contribution is 2.11. The van der Waals surface area contributed by atoms with Gasteiger partial charge in [-0.3, -0.25) is 14.9 Å². The number of carbonyl (C=O) groups is 1. The topological polar surface area (TPSA) is 83.0 Å². The van der Waals surface area contributed by atoms with Gasteiger partial charge in [-0.15, -0.1) is 0 Å². The highest BCUT2D eigenvalue weighted by atomic mass is 79.9. The molecule has 0 aromatic carbocycles. The zero-order valence-electron chi connectivity index (χ0n) is 8.59. The summed E-state index contributed by atoms with van der Waals surface area (Å²) in [4.78, 5) is 15.5. The first-order valence-corrected chi connectivity index (χ1v) is 5.49. The number of hydrogen-bond donors (Lipinski definition) is 2. The Balaban J connectivity index is 1.98. The minimum atomic E-state index is -0.366. The molecule has 0 bridgehead atoms. The Morgan fingerprint density at radius 3 is 3.06 bits per heavy atom. The van der Waals surface area contributed by atoms with Crippen LogP contribution in [0.15, 0.2) is 40.3 Å². The molecule has 2 aromatic rings. The van der Waals surface area contributed by atoms with Gasteiger partial charge >= 0.3 is 0 Å². The van der Waals surface area contributed by atoms with Gasteiger partial charge < -0.3 is 0 Å². The van der Waals surface area contributed by atoms with Crippen LogP contribution in [0.5, 0.6) is 0 Å². The van der Waals surface area contributed by atoms with E-state index in [9.17, 15) is 4.79 Å². The van der Waals surface area contributed by atoms with Gasteiger partial charge in [0.1, 0.15) is 5.69 Å². The van der Waals surface area contributed by atoms with Crippen molar-refractivity contribution in [2.75, 3.05) is 0 Å². The second kappa shape index (κ2) is 5.35. The molecular formula is C10H8BrN5O. The van der Waals surface area contributed by atoms with E-state index in [4.69, 9.17) is 0 Å². The zero-order valence-corrected chi connectivity index (χ0v) is 10.2. The fraction of sp³-hybridized carbons (Fsp3) is 0. The molecule has 0 aliphatic carbocycles. The Morgan fingerprint density at radius 1 is 1.53 bits per heavy atom. The van der Waals surface area contributed by atoms with E-state index in [1.54, 1.807) is 18.5 Å². The van der Waals surface area contributed by atoms with E-state index < -0.39 is 0 Å². The van der Waals surface area contributed by atoms with Gasteiger partial charge in [0.05, 0.1) is 16.9 Å². The van der Waals surface area contributed by atoms with E-state index in [-0.39, 0.29) is 5.91 Å². The average molecular weight is 294 g/mol. The van der Waals surface area contributed by atoms with Gasteiger partial charge in [0.25, 0.3) is 5.91 Å². The number of H-pyrrole nitrogens is 1. The zero-order chi connectivity index (χ0) is 12.1. The fourth-order valence-corrected chi connectivity index (χ4v) is 1.48. The number of hydrogen-bond acceptors (Lipinski definition) is 4. The maximum Gasteiger partial charge on any atom is 0.290 e. The highest BCUT2D eigenvalue weighted by Gasteiger charge is 2.10. The van der Waals surface area contributed by atoms with Crippen molar-refractivity contribution in [1.82, 2.24) is 20.6 Å². The number of carbonyl (C=O) groups excluding carboxylic acids is 1. The van der Waals surface area contributed by atoms with Crippen LogP contribution in [0.3, 0.4) is 0 Å². The maximum atomic E-state index is 11.6. The largest absolute Gasteiger partial charge is 0.290 e. The minimum Gasteiger partial charge on any atom is -0.272 e. The molecule has 0 spiro atoms. The van der Waals surface area contributed by atoms with Crippen molar-refractivity contribution in [2.45, 2.75) is 0 Å². The predicted octanol–water partition coefficient (Wildman–Crippen LogP) is 1.33. The van der Waals surface area contributed by atoms with E-state index >= 15 is 0 Å². The van der Waals surface area contributed by atoms with Crippen molar-refractivity contribution in [3.8, 4) is 0 Å². The van der Waals surface area contributed by atoms with E-state index in [1.165, 1.54) is 12.4 Å². The third kappa shape index (κ3) is 2.97. The minimum absolute atomic E-state index is 0.327. The quantitative estimate of drug-likeness (QED) is 0.661. The lowest BCUT2D eigenvalue weighted by Gasteiger charge is -1.96. The number of hydrazone groups is 1. The summed E-state index contributed by atoms with van der Waals surface area (Å²) < 4.78 is 0.589. The number of halogens is 1. The number of aromatic nitrogens is 3. The molecule has 0 saturated heterocycles. The summed E-state index contributed by atoms with van der Waals surface area (Å²) in [6, 6.07) is 3.61. The van der Waals surface area contributed by atoms with Crippen molar-refractivity contribution in [1.29, 1.82) is 0 Å². The first-order chi connectivity index (χ1) is 8.27. The molecule has 2 aromatic heterocycles. The summed E-state index contributed by atoms with van der Waals surface area (Å²) in [7, 11) is 0. The summed E-state index contributed by atoms with van der Waals surface area (Å²) in [6.07, 6.45) is 6.31. The first kappa shape index (κ1) is 11.5. The Hall–Kier alpha value is -2.02. The van der Waals surface area contributed by atoms with Crippen molar-refractivity contribution < 1.29 is 4.79 Å². The molecule has 2 N–H and O–H groups in total. The molecular weight excluding hydrogens is 286 g/mol. The molecule has 0 atom stereocenters. The summed E-state index contributed by atoms with van der Waals surface area (Å²) >= 11 is 3.19. The van der Waals surface area contributed by atoms with Gasteiger partial charge in [0.15, 0.2) is 0 Å². The van der Waals surface area contributed by atoms with Crippen LogP contribution in [0.2, 0.25) is 0 Å². The molecule has 0 aliphatic rings. The maximum absolute atomic E-state index is 11.6. The monoisotopic (exact) mass is 293 g/mol. The molecule has 0 saturated carbocycles. The van der Waals surface area contributed by atoms with Crippen molar-refractivity contribution in [2.24, 2.45) is 5.10 Å². The summed E-state index contributed by atoms with van der Waals surface area (Å²) in [6.45, 7) is 0. The summed E-state index contributed by atoms with van der Waals surface area (Å²) in [5, 5.41) is 10.1. The second-order valence-electron chi connectivity index (χ2n) is 3.08. The molecule has 17 heavy (non-hydrogen) atoms. The third-order valence-electron chi connectivity index (χ3n) is 1.88. The lowest BCUT2D eigenvalue weighted by atomic mass is 10.3. The van der Waals surface area contributed by atoms with Crippen LogP contribution in [0.1, 0.15) is 16.1 Å². The number of nitrogens with zero attached hydrogens (tertiary/aromatic N) is 3. The molecule has 1 amide bonds. The molecule has 7 heteroatoms. The molecule has 86 valence electrons. The summed E-state index contributed by atoms with van der Waals surface area (Å²) in [5.41, 5.74) is 3.51. The number of pyridine rings is 1. The van der Waals surface area contributed by atoms with Gasteiger partial charge in [-0.25, -0.2) is 5.43 Å². The average Bonchev–Trinajstić information content (AvgIpc) is 2.77. The van der Waals surface area contributed by atoms with Crippen molar-refractivity contribution in [3.63, 3.8) is 0 Å².